The molecule has 2 nitrogen and oxygen atoms in total. The van der Waals surface area contributed by atoms with Gasteiger partial charge >= 0.3 is 0 Å². The van der Waals surface area contributed by atoms with Crippen LogP contribution < -0.4 is 5.32 Å². The van der Waals surface area contributed by atoms with Gasteiger partial charge in [0.1, 0.15) is 0 Å². The molecular formula is C12H24N2S. The van der Waals surface area contributed by atoms with Crippen LogP contribution in [-0.2, 0) is 0 Å². The summed E-state index contributed by atoms with van der Waals surface area (Å²) in [6.07, 6.45) is 7.64. The number of unbranched alkanes of at least 4 members (excludes halogenated alkanes) is 1. The van der Waals surface area contributed by atoms with Crippen LogP contribution in [0, 0.1) is 0 Å². The zero-order chi connectivity index (χ0) is 11.1. The third kappa shape index (κ3) is 3.98. The van der Waals surface area contributed by atoms with Crippen molar-refractivity contribution in [3.63, 3.8) is 0 Å². The lowest BCUT2D eigenvalue weighted by Gasteiger charge is -2.37. The SMILES string of the molecule is CCCCNC(=S)N1CCCC[C@H]1CC. The number of thiocarbonyl (C=S) groups is 1. The number of rotatable bonds is 4. The molecule has 1 fully saturated rings. The van der Waals surface area contributed by atoms with E-state index in [2.05, 4.69) is 24.1 Å². The maximum atomic E-state index is 5.45. The van der Waals surface area contributed by atoms with E-state index in [4.69, 9.17) is 12.2 Å². The molecule has 0 aromatic carbocycles. The highest BCUT2D eigenvalue weighted by Crippen LogP contribution is 2.19. The average molecular weight is 228 g/mol. The molecule has 0 aliphatic carbocycles. The van der Waals surface area contributed by atoms with Crippen LogP contribution in [0.15, 0.2) is 0 Å². The number of hydrogen-bond donors (Lipinski definition) is 1. The predicted octanol–water partition coefficient (Wildman–Crippen LogP) is 2.93. The summed E-state index contributed by atoms with van der Waals surface area (Å²) >= 11 is 5.45. The third-order valence-electron chi connectivity index (χ3n) is 3.17. The van der Waals surface area contributed by atoms with Gasteiger partial charge in [-0.25, -0.2) is 0 Å². The lowest BCUT2D eigenvalue weighted by molar-refractivity contribution is 0.233. The molecule has 3 heteroatoms. The highest BCUT2D eigenvalue weighted by molar-refractivity contribution is 7.80. The average Bonchev–Trinajstić information content (AvgIpc) is 2.29. The van der Waals surface area contributed by atoms with E-state index in [0.717, 1.165) is 18.2 Å². The predicted molar refractivity (Wildman–Crippen MR) is 70.1 cm³/mol. The van der Waals surface area contributed by atoms with Crippen LogP contribution >= 0.6 is 12.2 Å². The molecule has 1 aliphatic heterocycles. The zero-order valence-corrected chi connectivity index (χ0v) is 10.9. The normalized spacial score (nSPS) is 21.5. The van der Waals surface area contributed by atoms with E-state index in [0.29, 0.717) is 6.04 Å². The summed E-state index contributed by atoms with van der Waals surface area (Å²) in [6.45, 7) is 6.65. The Balaban J connectivity index is 2.34. The molecule has 1 rings (SSSR count). The third-order valence-corrected chi connectivity index (χ3v) is 3.54. The summed E-state index contributed by atoms with van der Waals surface area (Å²) in [5, 5.41) is 4.36. The molecule has 1 aliphatic rings. The van der Waals surface area contributed by atoms with E-state index in [1.54, 1.807) is 0 Å². The summed E-state index contributed by atoms with van der Waals surface area (Å²) in [6, 6.07) is 0.681. The lowest BCUT2D eigenvalue weighted by Crippen LogP contribution is -2.48. The van der Waals surface area contributed by atoms with Crippen LogP contribution in [0.2, 0.25) is 0 Å². The molecule has 0 spiro atoms. The van der Waals surface area contributed by atoms with Gasteiger partial charge in [-0.05, 0) is 44.3 Å². The van der Waals surface area contributed by atoms with Crippen molar-refractivity contribution in [2.45, 2.75) is 58.4 Å². The first-order chi connectivity index (χ1) is 7.29. The van der Waals surface area contributed by atoms with Crippen molar-refractivity contribution in [3.05, 3.63) is 0 Å². The smallest absolute Gasteiger partial charge is 0.169 e. The molecule has 0 unspecified atom stereocenters. The van der Waals surface area contributed by atoms with Crippen LogP contribution in [0.3, 0.4) is 0 Å². The number of piperidine rings is 1. The van der Waals surface area contributed by atoms with Crippen molar-refractivity contribution >= 4 is 17.3 Å². The van der Waals surface area contributed by atoms with Crippen molar-refractivity contribution < 1.29 is 0 Å². The molecular weight excluding hydrogens is 204 g/mol. The van der Waals surface area contributed by atoms with Gasteiger partial charge in [0, 0.05) is 19.1 Å². The highest BCUT2D eigenvalue weighted by Gasteiger charge is 2.22. The molecule has 1 atom stereocenters. The first kappa shape index (κ1) is 12.8. The van der Waals surface area contributed by atoms with E-state index < -0.39 is 0 Å². The topological polar surface area (TPSA) is 15.3 Å². The Morgan fingerprint density at radius 2 is 2.20 bits per heavy atom. The van der Waals surface area contributed by atoms with Gasteiger partial charge in [0.25, 0.3) is 0 Å². The summed E-state index contributed by atoms with van der Waals surface area (Å²) in [5.74, 6) is 0. The largest absolute Gasteiger partial charge is 0.363 e. The van der Waals surface area contributed by atoms with Gasteiger partial charge in [-0.1, -0.05) is 20.3 Å². The van der Waals surface area contributed by atoms with E-state index in [9.17, 15) is 0 Å². The van der Waals surface area contributed by atoms with Crippen LogP contribution in [0.25, 0.3) is 0 Å². The quantitative estimate of drug-likeness (QED) is 0.588. The van der Waals surface area contributed by atoms with Crippen molar-refractivity contribution in [1.82, 2.24) is 10.2 Å². The standard InChI is InChI=1S/C12H24N2S/c1-3-5-9-13-12(15)14-10-7-6-8-11(14)4-2/h11H,3-10H2,1-2H3,(H,13,15)/t11-/m1/s1. The summed E-state index contributed by atoms with van der Waals surface area (Å²) < 4.78 is 0. The molecule has 0 saturated carbocycles. The van der Waals surface area contributed by atoms with Crippen molar-refractivity contribution in [3.8, 4) is 0 Å². The van der Waals surface area contributed by atoms with Crippen molar-refractivity contribution in [2.24, 2.45) is 0 Å². The Labute approximate surface area is 99.4 Å². The van der Waals surface area contributed by atoms with Gasteiger partial charge in [-0.3, -0.25) is 0 Å². The minimum atomic E-state index is 0.681. The van der Waals surface area contributed by atoms with Crippen molar-refractivity contribution in [2.75, 3.05) is 13.1 Å². The van der Waals surface area contributed by atoms with E-state index in [1.165, 1.54) is 38.5 Å². The maximum Gasteiger partial charge on any atom is 0.169 e. The molecule has 0 bridgehead atoms. The first-order valence-electron chi connectivity index (χ1n) is 6.34. The zero-order valence-electron chi connectivity index (χ0n) is 10.1. The van der Waals surface area contributed by atoms with Crippen LogP contribution in [0.1, 0.15) is 52.4 Å². The molecule has 1 saturated heterocycles. The monoisotopic (exact) mass is 228 g/mol. The minimum Gasteiger partial charge on any atom is -0.363 e. The summed E-state index contributed by atoms with van der Waals surface area (Å²) in [4.78, 5) is 2.40. The second kappa shape index (κ2) is 7.04. The fraction of sp³-hybridized carbons (Fsp3) is 0.917. The molecule has 1 heterocycles. The number of likely N-dealkylation sites (tertiary alicyclic amines) is 1. The first-order valence-corrected chi connectivity index (χ1v) is 6.74. The van der Waals surface area contributed by atoms with E-state index >= 15 is 0 Å². The fourth-order valence-corrected chi connectivity index (χ4v) is 2.51. The molecule has 1 N–H and O–H groups in total. The van der Waals surface area contributed by atoms with Crippen LogP contribution in [-0.4, -0.2) is 29.1 Å². The minimum absolute atomic E-state index is 0.681. The molecule has 0 aromatic heterocycles. The Morgan fingerprint density at radius 1 is 1.40 bits per heavy atom. The molecule has 0 radical (unpaired) electrons. The number of nitrogens with one attached hydrogen (secondary N) is 1. The van der Waals surface area contributed by atoms with E-state index in [-0.39, 0.29) is 0 Å². The van der Waals surface area contributed by atoms with Crippen LogP contribution in [0.4, 0.5) is 0 Å². The summed E-state index contributed by atoms with van der Waals surface area (Å²) in [5.41, 5.74) is 0. The van der Waals surface area contributed by atoms with Gasteiger partial charge in [0.15, 0.2) is 5.11 Å². The number of hydrogen-bond acceptors (Lipinski definition) is 1. The second-order valence-corrected chi connectivity index (χ2v) is 4.72. The number of nitrogens with zero attached hydrogens (tertiary/aromatic N) is 1. The highest BCUT2D eigenvalue weighted by atomic mass is 32.1. The molecule has 88 valence electrons. The van der Waals surface area contributed by atoms with Crippen LogP contribution in [0.5, 0.6) is 0 Å². The Bertz CT molecular complexity index is 194. The van der Waals surface area contributed by atoms with Gasteiger partial charge in [0.05, 0.1) is 0 Å². The maximum absolute atomic E-state index is 5.45. The Kier molecular flexibility index (Phi) is 5.99. The van der Waals surface area contributed by atoms with Gasteiger partial charge < -0.3 is 10.2 Å². The second-order valence-electron chi connectivity index (χ2n) is 4.34. The van der Waals surface area contributed by atoms with Gasteiger partial charge in [-0.2, -0.15) is 0 Å². The Hall–Kier alpha value is -0.310. The lowest BCUT2D eigenvalue weighted by atomic mass is 10.0. The molecule has 0 amide bonds. The van der Waals surface area contributed by atoms with Crippen molar-refractivity contribution in [1.29, 1.82) is 0 Å². The summed E-state index contributed by atoms with van der Waals surface area (Å²) in [7, 11) is 0. The van der Waals surface area contributed by atoms with Gasteiger partial charge in [-0.15, -0.1) is 0 Å². The van der Waals surface area contributed by atoms with Gasteiger partial charge in [0.2, 0.25) is 0 Å². The molecule has 15 heavy (non-hydrogen) atoms. The Morgan fingerprint density at radius 3 is 2.87 bits per heavy atom. The fourth-order valence-electron chi connectivity index (χ4n) is 2.17. The van der Waals surface area contributed by atoms with E-state index in [1.807, 2.05) is 0 Å². The molecule has 0 aromatic rings.